The summed E-state index contributed by atoms with van der Waals surface area (Å²) in [4.78, 5) is 43.0. The van der Waals surface area contributed by atoms with Crippen LogP contribution in [0.5, 0.6) is 0 Å². The van der Waals surface area contributed by atoms with Gasteiger partial charge in [-0.05, 0) is 65.4 Å². The summed E-state index contributed by atoms with van der Waals surface area (Å²) in [6.07, 6.45) is 3.39. The number of methoxy groups -OCH3 is 1. The molecule has 186 valence electrons. The van der Waals surface area contributed by atoms with E-state index >= 15 is 0 Å². The van der Waals surface area contributed by atoms with Crippen LogP contribution in [0.15, 0.2) is 6.07 Å². The fourth-order valence-corrected chi connectivity index (χ4v) is 5.23. The van der Waals surface area contributed by atoms with Crippen LogP contribution in [0.3, 0.4) is 0 Å². The van der Waals surface area contributed by atoms with E-state index in [1.165, 1.54) is 4.90 Å². The molecular formula is C26H36N2O5S. The summed E-state index contributed by atoms with van der Waals surface area (Å²) >= 11 is 1.05. The maximum absolute atomic E-state index is 13.8. The molecule has 0 bridgehead atoms. The van der Waals surface area contributed by atoms with Gasteiger partial charge in [0.15, 0.2) is 0 Å². The third kappa shape index (κ3) is 6.00. The maximum atomic E-state index is 13.8. The Morgan fingerprint density at radius 1 is 1.21 bits per heavy atom. The van der Waals surface area contributed by atoms with E-state index in [4.69, 9.17) is 4.74 Å². The summed E-state index contributed by atoms with van der Waals surface area (Å²) in [5.74, 6) is 5.04. The summed E-state index contributed by atoms with van der Waals surface area (Å²) < 4.78 is 5.29. The van der Waals surface area contributed by atoms with Crippen LogP contribution < -0.4 is 4.90 Å². The molecule has 0 radical (unpaired) electrons. The van der Waals surface area contributed by atoms with Gasteiger partial charge in [-0.3, -0.25) is 14.5 Å². The molecule has 1 saturated carbocycles. The standard InChI is InChI=1S/C26H36N2O5S/c1-16-7-9-18(10-8-16)24(30)28(17(2)23(29)27-14-19(15-27)33-6)21-13-20(11-12-26(3,4)5)34-22(21)25(31)32/h13,16-19H,7-10,14-15H2,1-6H3,(H,31,32)/t16?,17-,18?/m0/s1. The number of rotatable bonds is 6. The predicted octanol–water partition coefficient (Wildman–Crippen LogP) is 4.25. The molecule has 1 atom stereocenters. The van der Waals surface area contributed by atoms with Crippen LogP contribution in [0, 0.1) is 29.1 Å². The Kier molecular flexibility index (Phi) is 8.10. The molecule has 1 aliphatic heterocycles. The molecule has 1 aliphatic carbocycles. The highest BCUT2D eigenvalue weighted by Crippen LogP contribution is 2.36. The summed E-state index contributed by atoms with van der Waals surface area (Å²) in [6, 6.07) is 0.842. The van der Waals surface area contributed by atoms with Crippen LogP contribution in [0.2, 0.25) is 0 Å². The van der Waals surface area contributed by atoms with Crippen LogP contribution in [0.25, 0.3) is 0 Å². The Bertz CT molecular complexity index is 985. The first-order valence-corrected chi connectivity index (χ1v) is 12.8. The fourth-order valence-electron chi connectivity index (χ4n) is 4.39. The summed E-state index contributed by atoms with van der Waals surface area (Å²) in [6.45, 7) is 10.8. The number of ether oxygens (including phenoxy) is 1. The molecule has 1 aromatic rings. The van der Waals surface area contributed by atoms with E-state index in [-0.39, 0.29) is 39.8 Å². The van der Waals surface area contributed by atoms with Gasteiger partial charge in [-0.1, -0.05) is 18.8 Å². The van der Waals surface area contributed by atoms with E-state index in [1.54, 1.807) is 25.0 Å². The van der Waals surface area contributed by atoms with Crippen molar-refractivity contribution < 1.29 is 24.2 Å². The van der Waals surface area contributed by atoms with E-state index in [9.17, 15) is 19.5 Å². The van der Waals surface area contributed by atoms with Crippen LogP contribution in [-0.2, 0) is 14.3 Å². The van der Waals surface area contributed by atoms with Gasteiger partial charge in [-0.25, -0.2) is 4.79 Å². The number of nitrogens with zero attached hydrogens (tertiary/aromatic N) is 2. The molecule has 3 rings (SSSR count). The number of carbonyl (C=O) groups is 3. The first-order valence-electron chi connectivity index (χ1n) is 12.0. The van der Waals surface area contributed by atoms with E-state index in [1.807, 2.05) is 20.8 Å². The largest absolute Gasteiger partial charge is 0.477 e. The zero-order valence-corrected chi connectivity index (χ0v) is 21.8. The zero-order chi connectivity index (χ0) is 25.2. The molecule has 2 fully saturated rings. The highest BCUT2D eigenvalue weighted by Gasteiger charge is 2.40. The van der Waals surface area contributed by atoms with Crippen molar-refractivity contribution in [3.8, 4) is 11.8 Å². The van der Waals surface area contributed by atoms with Gasteiger partial charge < -0.3 is 14.7 Å². The Morgan fingerprint density at radius 2 is 1.82 bits per heavy atom. The lowest BCUT2D eigenvalue weighted by atomic mass is 9.82. The number of anilines is 1. The first kappa shape index (κ1) is 26.2. The van der Waals surface area contributed by atoms with Gasteiger partial charge in [0.2, 0.25) is 11.8 Å². The molecular weight excluding hydrogens is 452 g/mol. The molecule has 2 amide bonds. The first-order chi connectivity index (χ1) is 15.9. The zero-order valence-electron chi connectivity index (χ0n) is 21.0. The molecule has 0 unspecified atom stereocenters. The monoisotopic (exact) mass is 488 g/mol. The van der Waals surface area contributed by atoms with Crippen molar-refractivity contribution in [2.45, 2.75) is 72.4 Å². The average molecular weight is 489 g/mol. The normalized spacial score (nSPS) is 21.8. The molecule has 0 aromatic carbocycles. The molecule has 2 aliphatic rings. The van der Waals surface area contributed by atoms with E-state index < -0.39 is 12.0 Å². The number of aromatic carboxylic acids is 1. The Labute approximate surface area is 206 Å². The molecule has 1 N–H and O–H groups in total. The second kappa shape index (κ2) is 10.5. The number of hydrogen-bond donors (Lipinski definition) is 1. The minimum absolute atomic E-state index is 0.00450. The van der Waals surface area contributed by atoms with E-state index in [2.05, 4.69) is 18.8 Å². The van der Waals surface area contributed by atoms with Crippen LogP contribution in [0.4, 0.5) is 5.69 Å². The predicted molar refractivity (Wildman–Crippen MR) is 133 cm³/mol. The Morgan fingerprint density at radius 3 is 2.35 bits per heavy atom. The molecule has 0 spiro atoms. The van der Waals surface area contributed by atoms with E-state index in [0.717, 1.165) is 37.0 Å². The topological polar surface area (TPSA) is 87.2 Å². The molecule has 1 aromatic heterocycles. The SMILES string of the molecule is COC1CN(C(=O)[C@H](C)N(C(=O)C2CCC(C)CC2)c2cc(C#CC(C)(C)C)sc2C(=O)O)C1. The van der Waals surface area contributed by atoms with Gasteiger partial charge in [0.05, 0.1) is 16.7 Å². The van der Waals surface area contributed by atoms with Gasteiger partial charge in [0, 0.05) is 31.5 Å². The minimum Gasteiger partial charge on any atom is -0.477 e. The maximum Gasteiger partial charge on any atom is 0.348 e. The molecule has 8 heteroatoms. The average Bonchev–Trinajstić information content (AvgIpc) is 3.15. The number of carboxylic acids is 1. The highest BCUT2D eigenvalue weighted by atomic mass is 32.1. The van der Waals surface area contributed by atoms with Gasteiger partial charge in [0.25, 0.3) is 0 Å². The number of thiophene rings is 1. The van der Waals surface area contributed by atoms with Crippen LogP contribution in [-0.4, -0.2) is 60.1 Å². The Hall–Kier alpha value is -2.37. The highest BCUT2D eigenvalue weighted by molar-refractivity contribution is 7.15. The number of carbonyl (C=O) groups excluding carboxylic acids is 2. The summed E-state index contributed by atoms with van der Waals surface area (Å²) in [5, 5.41) is 9.95. The molecule has 34 heavy (non-hydrogen) atoms. The van der Waals surface area contributed by atoms with Crippen molar-refractivity contribution in [2.24, 2.45) is 17.3 Å². The van der Waals surface area contributed by atoms with Crippen molar-refractivity contribution >= 4 is 34.8 Å². The lowest BCUT2D eigenvalue weighted by Crippen LogP contribution is -2.60. The van der Waals surface area contributed by atoms with Crippen molar-refractivity contribution in [1.29, 1.82) is 0 Å². The van der Waals surface area contributed by atoms with Gasteiger partial charge in [0.1, 0.15) is 10.9 Å². The van der Waals surface area contributed by atoms with Crippen molar-refractivity contribution in [3.05, 3.63) is 15.8 Å². The third-order valence-corrected chi connectivity index (χ3v) is 7.59. The summed E-state index contributed by atoms with van der Waals surface area (Å²) in [7, 11) is 1.61. The lowest BCUT2D eigenvalue weighted by Gasteiger charge is -2.42. The van der Waals surface area contributed by atoms with Gasteiger partial charge in [-0.2, -0.15) is 0 Å². The van der Waals surface area contributed by atoms with Gasteiger partial charge >= 0.3 is 5.97 Å². The number of hydrogen-bond acceptors (Lipinski definition) is 5. The minimum atomic E-state index is -1.12. The third-order valence-electron chi connectivity index (χ3n) is 6.57. The smallest absolute Gasteiger partial charge is 0.348 e. The van der Waals surface area contributed by atoms with Crippen LogP contribution in [0.1, 0.15) is 74.9 Å². The second-order valence-corrected chi connectivity index (χ2v) is 11.6. The fraction of sp³-hybridized carbons (Fsp3) is 0.654. The molecule has 2 heterocycles. The molecule has 1 saturated heterocycles. The van der Waals surface area contributed by atoms with Crippen molar-refractivity contribution in [1.82, 2.24) is 4.90 Å². The van der Waals surface area contributed by atoms with Crippen molar-refractivity contribution in [2.75, 3.05) is 25.1 Å². The van der Waals surface area contributed by atoms with Crippen LogP contribution >= 0.6 is 11.3 Å². The number of likely N-dealkylation sites (tertiary alicyclic amines) is 1. The Balaban J connectivity index is 1.99. The van der Waals surface area contributed by atoms with E-state index in [0.29, 0.717) is 23.9 Å². The van der Waals surface area contributed by atoms with Gasteiger partial charge in [-0.15, -0.1) is 11.3 Å². The lowest BCUT2D eigenvalue weighted by molar-refractivity contribution is -0.145. The molecule has 7 nitrogen and oxygen atoms in total. The van der Waals surface area contributed by atoms with Crippen molar-refractivity contribution in [3.63, 3.8) is 0 Å². The number of amides is 2. The second-order valence-electron chi connectivity index (χ2n) is 10.6. The number of carboxylic acid groups (broad SMARTS) is 1. The summed E-state index contributed by atoms with van der Waals surface area (Å²) in [5.41, 5.74) is 0.0181. The quantitative estimate of drug-likeness (QED) is 0.605.